The molecule has 0 amide bonds. The third-order valence-corrected chi connectivity index (χ3v) is 3.90. The van der Waals surface area contributed by atoms with Crippen LogP contribution in [-0.2, 0) is 12.2 Å². The summed E-state index contributed by atoms with van der Waals surface area (Å²) in [6.07, 6.45) is 1.97. The third-order valence-electron chi connectivity index (χ3n) is 2.83. The van der Waals surface area contributed by atoms with Gasteiger partial charge in [-0.05, 0) is 29.7 Å². The number of carbonyl (C=O) groups excluding carboxylic acids is 1. The molecule has 0 saturated heterocycles. The number of carbonyl (C=O) groups is 1. The van der Waals surface area contributed by atoms with Crippen LogP contribution in [0, 0.1) is 0 Å². The lowest BCUT2D eigenvalue weighted by molar-refractivity contribution is 0.112. The first-order valence-electron chi connectivity index (χ1n) is 6.07. The second-order valence-corrected chi connectivity index (χ2v) is 5.20. The number of hydrogen-bond acceptors (Lipinski definition) is 2. The van der Waals surface area contributed by atoms with Crippen LogP contribution in [0.25, 0.3) is 0 Å². The zero-order valence-corrected chi connectivity index (χ0v) is 11.2. The monoisotopic (exact) mass is 256 g/mol. The zero-order valence-electron chi connectivity index (χ0n) is 10.4. The molecule has 2 heteroatoms. The molecule has 0 unspecified atom stereocenters. The van der Waals surface area contributed by atoms with Crippen molar-refractivity contribution in [1.82, 2.24) is 0 Å². The van der Waals surface area contributed by atoms with Gasteiger partial charge in [-0.15, -0.1) is 11.8 Å². The van der Waals surface area contributed by atoms with Gasteiger partial charge in [0.15, 0.2) is 0 Å². The quantitative estimate of drug-likeness (QED) is 0.584. The number of aldehydes is 1. The van der Waals surface area contributed by atoms with Gasteiger partial charge in [0.25, 0.3) is 0 Å². The molecular formula is C16H16OS. The van der Waals surface area contributed by atoms with Gasteiger partial charge in [-0.3, -0.25) is 4.79 Å². The van der Waals surface area contributed by atoms with Gasteiger partial charge < -0.3 is 0 Å². The lowest BCUT2D eigenvalue weighted by Crippen LogP contribution is -1.84. The highest BCUT2D eigenvalue weighted by molar-refractivity contribution is 7.98. The number of benzene rings is 2. The summed E-state index contributed by atoms with van der Waals surface area (Å²) >= 11 is 1.76. The zero-order chi connectivity index (χ0) is 12.8. The van der Waals surface area contributed by atoms with Crippen LogP contribution in [0.1, 0.15) is 28.4 Å². The van der Waals surface area contributed by atoms with Gasteiger partial charge in [0.2, 0.25) is 0 Å². The van der Waals surface area contributed by atoms with Crippen molar-refractivity contribution in [2.75, 3.05) is 0 Å². The van der Waals surface area contributed by atoms with Gasteiger partial charge in [0.05, 0.1) is 0 Å². The maximum atomic E-state index is 10.7. The van der Waals surface area contributed by atoms with Crippen molar-refractivity contribution in [3.05, 3.63) is 65.2 Å². The predicted molar refractivity (Wildman–Crippen MR) is 77.2 cm³/mol. The number of rotatable bonds is 5. The van der Waals surface area contributed by atoms with E-state index in [1.54, 1.807) is 11.8 Å². The number of hydrogen-bond donors (Lipinski definition) is 0. The van der Waals surface area contributed by atoms with E-state index in [4.69, 9.17) is 0 Å². The molecule has 0 atom stereocenters. The Morgan fingerprint density at radius 3 is 2.44 bits per heavy atom. The van der Waals surface area contributed by atoms with Crippen molar-refractivity contribution < 1.29 is 4.79 Å². The molecule has 0 bridgehead atoms. The summed E-state index contributed by atoms with van der Waals surface area (Å²) in [6.45, 7) is 2.16. The molecule has 0 spiro atoms. The Morgan fingerprint density at radius 2 is 1.78 bits per heavy atom. The molecule has 0 aliphatic carbocycles. The summed E-state index contributed by atoms with van der Waals surface area (Å²) in [5, 5.41) is 0. The molecule has 2 aromatic rings. The van der Waals surface area contributed by atoms with E-state index in [0.717, 1.165) is 28.9 Å². The first kappa shape index (κ1) is 12.9. The van der Waals surface area contributed by atoms with E-state index >= 15 is 0 Å². The van der Waals surface area contributed by atoms with Gasteiger partial charge in [0, 0.05) is 16.2 Å². The van der Waals surface area contributed by atoms with Crippen molar-refractivity contribution in [2.24, 2.45) is 0 Å². The number of thioether (sulfide) groups is 1. The van der Waals surface area contributed by atoms with Crippen LogP contribution in [0.4, 0.5) is 0 Å². The predicted octanol–water partition coefficient (Wildman–Crippen LogP) is 4.35. The highest BCUT2D eigenvalue weighted by atomic mass is 32.2. The van der Waals surface area contributed by atoms with Crippen molar-refractivity contribution in [3.8, 4) is 0 Å². The first-order valence-corrected chi connectivity index (χ1v) is 7.06. The summed E-state index contributed by atoms with van der Waals surface area (Å²) in [5.74, 6) is 0.937. The molecule has 2 rings (SSSR count). The summed E-state index contributed by atoms with van der Waals surface area (Å²) in [6, 6.07) is 16.4. The minimum Gasteiger partial charge on any atom is -0.298 e. The molecular weight excluding hydrogens is 240 g/mol. The Labute approximate surface area is 112 Å². The Balaban J connectivity index is 1.99. The lowest BCUT2D eigenvalue weighted by Gasteiger charge is -2.04. The molecule has 0 aromatic heterocycles. The number of aryl methyl sites for hydroxylation is 1. The molecule has 2 aromatic carbocycles. The standard InChI is InChI=1S/C16H16OS/c1-2-13-6-8-14(9-7-13)12-18-16-5-3-4-15(10-16)11-17/h3-11H,2,12H2,1H3. The molecule has 0 N–H and O–H groups in total. The van der Waals surface area contributed by atoms with E-state index in [0.29, 0.717) is 0 Å². The van der Waals surface area contributed by atoms with Crippen LogP contribution >= 0.6 is 11.8 Å². The summed E-state index contributed by atoms with van der Waals surface area (Å²) in [5.41, 5.74) is 3.42. The van der Waals surface area contributed by atoms with Crippen LogP contribution in [-0.4, -0.2) is 6.29 Å². The Bertz CT molecular complexity index is 517. The SMILES string of the molecule is CCc1ccc(CSc2cccc(C=O)c2)cc1. The lowest BCUT2D eigenvalue weighted by atomic mass is 10.1. The molecule has 18 heavy (non-hydrogen) atoms. The van der Waals surface area contributed by atoms with Crippen LogP contribution in [0.3, 0.4) is 0 Å². The van der Waals surface area contributed by atoms with Crippen LogP contribution in [0.15, 0.2) is 53.4 Å². The largest absolute Gasteiger partial charge is 0.298 e. The van der Waals surface area contributed by atoms with Gasteiger partial charge in [-0.2, -0.15) is 0 Å². The van der Waals surface area contributed by atoms with Crippen LogP contribution in [0.5, 0.6) is 0 Å². The second-order valence-electron chi connectivity index (χ2n) is 4.15. The molecule has 0 fully saturated rings. The van der Waals surface area contributed by atoms with E-state index in [1.165, 1.54) is 11.1 Å². The highest BCUT2D eigenvalue weighted by Gasteiger charge is 1.98. The third kappa shape index (κ3) is 3.47. The maximum absolute atomic E-state index is 10.7. The van der Waals surface area contributed by atoms with Crippen molar-refractivity contribution in [1.29, 1.82) is 0 Å². The van der Waals surface area contributed by atoms with E-state index < -0.39 is 0 Å². The Hall–Kier alpha value is -1.54. The maximum Gasteiger partial charge on any atom is 0.150 e. The topological polar surface area (TPSA) is 17.1 Å². The molecule has 0 aliphatic heterocycles. The van der Waals surface area contributed by atoms with Crippen molar-refractivity contribution in [3.63, 3.8) is 0 Å². The van der Waals surface area contributed by atoms with Crippen molar-refractivity contribution in [2.45, 2.75) is 24.0 Å². The van der Waals surface area contributed by atoms with E-state index in [1.807, 2.05) is 24.3 Å². The van der Waals surface area contributed by atoms with E-state index in [2.05, 4.69) is 31.2 Å². The summed E-state index contributed by atoms with van der Waals surface area (Å²) in [4.78, 5) is 11.8. The first-order chi connectivity index (χ1) is 8.81. The minimum atomic E-state index is 0.737. The fourth-order valence-corrected chi connectivity index (χ4v) is 2.64. The summed E-state index contributed by atoms with van der Waals surface area (Å²) in [7, 11) is 0. The molecule has 0 aliphatic rings. The molecule has 0 heterocycles. The van der Waals surface area contributed by atoms with Gasteiger partial charge in [0.1, 0.15) is 6.29 Å². The Morgan fingerprint density at radius 1 is 1.06 bits per heavy atom. The van der Waals surface area contributed by atoms with Gasteiger partial charge >= 0.3 is 0 Å². The molecule has 92 valence electrons. The minimum absolute atomic E-state index is 0.737. The Kier molecular flexibility index (Phi) is 4.59. The van der Waals surface area contributed by atoms with E-state index in [9.17, 15) is 4.79 Å². The average Bonchev–Trinajstić information content (AvgIpc) is 2.46. The smallest absolute Gasteiger partial charge is 0.150 e. The van der Waals surface area contributed by atoms with Crippen molar-refractivity contribution >= 4 is 18.0 Å². The fourth-order valence-electron chi connectivity index (χ4n) is 1.72. The molecule has 0 saturated carbocycles. The van der Waals surface area contributed by atoms with Crippen LogP contribution in [0.2, 0.25) is 0 Å². The van der Waals surface area contributed by atoms with Gasteiger partial charge in [-0.25, -0.2) is 0 Å². The fraction of sp³-hybridized carbons (Fsp3) is 0.188. The summed E-state index contributed by atoms with van der Waals surface area (Å²) < 4.78 is 0. The second kappa shape index (κ2) is 6.41. The van der Waals surface area contributed by atoms with Crippen LogP contribution < -0.4 is 0 Å². The average molecular weight is 256 g/mol. The molecule has 1 nitrogen and oxygen atoms in total. The molecule has 0 radical (unpaired) electrons. The van der Waals surface area contributed by atoms with Gasteiger partial charge in [-0.1, -0.05) is 43.3 Å². The van der Waals surface area contributed by atoms with E-state index in [-0.39, 0.29) is 0 Å². The highest BCUT2D eigenvalue weighted by Crippen LogP contribution is 2.23. The normalized spacial score (nSPS) is 10.3.